The minimum Gasteiger partial charge on any atom is -0.497 e. The number of esters is 1. The van der Waals surface area contributed by atoms with Gasteiger partial charge in [0.1, 0.15) is 16.5 Å². The van der Waals surface area contributed by atoms with Crippen LogP contribution in [-0.4, -0.2) is 33.2 Å². The Hall–Kier alpha value is -2.54. The maximum atomic E-state index is 12.4. The summed E-state index contributed by atoms with van der Waals surface area (Å²) < 4.78 is 15.4. The van der Waals surface area contributed by atoms with Crippen molar-refractivity contribution in [3.05, 3.63) is 39.8 Å². The average molecular weight is 377 g/mol. The van der Waals surface area contributed by atoms with E-state index in [0.717, 1.165) is 16.0 Å². The number of benzene rings is 1. The standard InChI is InChI=1S/C19H23NO5S/c1-11-12(2)26-18(17(11)19(22)25-5)20-16(21)9-6-13-10-14(23-3)7-8-15(13)24-4/h7-8,10H,6,9H2,1-5H3,(H,20,21). The van der Waals surface area contributed by atoms with Gasteiger partial charge >= 0.3 is 5.97 Å². The molecule has 0 atom stereocenters. The monoisotopic (exact) mass is 377 g/mol. The molecule has 1 amide bonds. The van der Waals surface area contributed by atoms with Crippen LogP contribution in [0.15, 0.2) is 18.2 Å². The lowest BCUT2D eigenvalue weighted by Gasteiger charge is -2.11. The summed E-state index contributed by atoms with van der Waals surface area (Å²) in [6, 6.07) is 5.47. The Labute approximate surface area is 157 Å². The van der Waals surface area contributed by atoms with Gasteiger partial charge in [-0.3, -0.25) is 4.79 Å². The second-order valence-electron chi connectivity index (χ2n) is 5.70. The molecule has 1 aromatic carbocycles. The molecule has 0 unspecified atom stereocenters. The minimum absolute atomic E-state index is 0.179. The van der Waals surface area contributed by atoms with Crippen molar-refractivity contribution in [3.63, 3.8) is 0 Å². The molecule has 0 aliphatic carbocycles. The lowest BCUT2D eigenvalue weighted by Crippen LogP contribution is -2.14. The molecule has 2 rings (SSSR count). The van der Waals surface area contributed by atoms with E-state index in [9.17, 15) is 9.59 Å². The van der Waals surface area contributed by atoms with Gasteiger partial charge in [-0.25, -0.2) is 4.79 Å². The Balaban J connectivity index is 2.11. The van der Waals surface area contributed by atoms with Crippen LogP contribution in [-0.2, 0) is 16.0 Å². The molecule has 0 spiro atoms. The lowest BCUT2D eigenvalue weighted by atomic mass is 10.1. The van der Waals surface area contributed by atoms with Crippen molar-refractivity contribution < 1.29 is 23.8 Å². The summed E-state index contributed by atoms with van der Waals surface area (Å²) in [4.78, 5) is 25.3. The summed E-state index contributed by atoms with van der Waals surface area (Å²) in [7, 11) is 4.51. The molecular formula is C19H23NO5S. The third-order valence-corrected chi connectivity index (χ3v) is 5.26. The summed E-state index contributed by atoms with van der Waals surface area (Å²) in [6.07, 6.45) is 0.739. The molecule has 7 heteroatoms. The van der Waals surface area contributed by atoms with Crippen LogP contribution in [0.2, 0.25) is 0 Å². The zero-order valence-electron chi connectivity index (χ0n) is 15.6. The number of hydrogen-bond acceptors (Lipinski definition) is 6. The maximum absolute atomic E-state index is 12.4. The topological polar surface area (TPSA) is 73.9 Å². The first-order chi connectivity index (χ1) is 12.4. The van der Waals surface area contributed by atoms with Crippen molar-refractivity contribution in [3.8, 4) is 11.5 Å². The van der Waals surface area contributed by atoms with E-state index in [-0.39, 0.29) is 12.3 Å². The highest BCUT2D eigenvalue weighted by Crippen LogP contribution is 2.33. The van der Waals surface area contributed by atoms with Gasteiger partial charge in [0, 0.05) is 11.3 Å². The maximum Gasteiger partial charge on any atom is 0.341 e. The quantitative estimate of drug-likeness (QED) is 0.744. The molecule has 0 bridgehead atoms. The predicted molar refractivity (Wildman–Crippen MR) is 102 cm³/mol. The van der Waals surface area contributed by atoms with Crippen molar-refractivity contribution in [1.29, 1.82) is 0 Å². The summed E-state index contributed by atoms with van der Waals surface area (Å²) in [5, 5.41) is 3.35. The molecule has 140 valence electrons. The van der Waals surface area contributed by atoms with E-state index in [1.54, 1.807) is 14.2 Å². The number of methoxy groups -OCH3 is 3. The van der Waals surface area contributed by atoms with E-state index in [0.29, 0.717) is 28.5 Å². The first-order valence-electron chi connectivity index (χ1n) is 8.10. The molecular weight excluding hydrogens is 354 g/mol. The van der Waals surface area contributed by atoms with Crippen LogP contribution >= 0.6 is 11.3 Å². The second-order valence-corrected chi connectivity index (χ2v) is 6.93. The van der Waals surface area contributed by atoms with Gasteiger partial charge < -0.3 is 19.5 Å². The highest BCUT2D eigenvalue weighted by atomic mass is 32.1. The number of carbonyl (C=O) groups is 2. The fourth-order valence-electron chi connectivity index (χ4n) is 2.58. The number of carbonyl (C=O) groups excluding carboxylic acids is 2. The Morgan fingerprint density at radius 2 is 1.85 bits per heavy atom. The van der Waals surface area contributed by atoms with Crippen molar-refractivity contribution in [2.45, 2.75) is 26.7 Å². The summed E-state index contributed by atoms with van der Waals surface area (Å²) in [5.41, 5.74) is 2.13. The van der Waals surface area contributed by atoms with Gasteiger partial charge in [0.15, 0.2) is 0 Å². The molecule has 26 heavy (non-hydrogen) atoms. The van der Waals surface area contributed by atoms with Crippen LogP contribution in [0.4, 0.5) is 5.00 Å². The molecule has 0 saturated heterocycles. The first-order valence-corrected chi connectivity index (χ1v) is 8.92. The normalized spacial score (nSPS) is 10.3. The first kappa shape index (κ1) is 19.8. The van der Waals surface area contributed by atoms with E-state index in [4.69, 9.17) is 14.2 Å². The Kier molecular flexibility index (Phi) is 6.63. The van der Waals surface area contributed by atoms with Gasteiger partial charge in [0.05, 0.1) is 26.9 Å². The SMILES string of the molecule is COC(=O)c1c(NC(=O)CCc2cc(OC)ccc2OC)sc(C)c1C. The second kappa shape index (κ2) is 8.71. The molecule has 6 nitrogen and oxygen atoms in total. The van der Waals surface area contributed by atoms with Crippen LogP contribution < -0.4 is 14.8 Å². The molecule has 0 radical (unpaired) electrons. The summed E-state index contributed by atoms with van der Waals surface area (Å²) >= 11 is 1.37. The number of aryl methyl sites for hydroxylation is 2. The Bertz CT molecular complexity index is 813. The van der Waals surface area contributed by atoms with Gasteiger partial charge in [-0.1, -0.05) is 0 Å². The number of amides is 1. The van der Waals surface area contributed by atoms with Crippen LogP contribution in [0, 0.1) is 13.8 Å². The van der Waals surface area contributed by atoms with Crippen LogP contribution in [0.5, 0.6) is 11.5 Å². The van der Waals surface area contributed by atoms with Crippen molar-refractivity contribution >= 4 is 28.2 Å². The predicted octanol–water partition coefficient (Wildman–Crippen LogP) is 3.74. The highest BCUT2D eigenvalue weighted by Gasteiger charge is 2.21. The van der Waals surface area contributed by atoms with E-state index < -0.39 is 5.97 Å². The number of hydrogen-bond donors (Lipinski definition) is 1. The number of anilines is 1. The third kappa shape index (κ3) is 4.35. The van der Waals surface area contributed by atoms with Gasteiger partial charge in [-0.05, 0) is 49.6 Å². The number of nitrogens with one attached hydrogen (secondary N) is 1. The molecule has 0 fully saturated rings. The van der Waals surface area contributed by atoms with Gasteiger partial charge in [-0.15, -0.1) is 11.3 Å². The summed E-state index contributed by atoms with van der Waals surface area (Å²) in [5.74, 6) is 0.785. The van der Waals surface area contributed by atoms with Crippen LogP contribution in [0.3, 0.4) is 0 Å². The fraction of sp³-hybridized carbons (Fsp3) is 0.368. The Morgan fingerprint density at radius 1 is 1.12 bits per heavy atom. The zero-order chi connectivity index (χ0) is 19.3. The smallest absolute Gasteiger partial charge is 0.341 e. The Morgan fingerprint density at radius 3 is 2.46 bits per heavy atom. The van der Waals surface area contributed by atoms with E-state index in [2.05, 4.69) is 5.32 Å². The fourth-order valence-corrected chi connectivity index (χ4v) is 3.64. The molecule has 1 N–H and O–H groups in total. The number of rotatable bonds is 7. The molecule has 0 aliphatic rings. The van der Waals surface area contributed by atoms with Gasteiger partial charge in [0.25, 0.3) is 0 Å². The van der Waals surface area contributed by atoms with Crippen molar-refractivity contribution in [2.75, 3.05) is 26.6 Å². The molecule has 2 aromatic rings. The van der Waals surface area contributed by atoms with Gasteiger partial charge in [-0.2, -0.15) is 0 Å². The minimum atomic E-state index is -0.448. The van der Waals surface area contributed by atoms with Crippen molar-refractivity contribution in [2.24, 2.45) is 0 Å². The molecule has 1 aromatic heterocycles. The largest absolute Gasteiger partial charge is 0.497 e. The van der Waals surface area contributed by atoms with Crippen molar-refractivity contribution in [1.82, 2.24) is 0 Å². The van der Waals surface area contributed by atoms with Crippen LogP contribution in [0.25, 0.3) is 0 Å². The van der Waals surface area contributed by atoms with E-state index in [1.807, 2.05) is 32.0 Å². The molecule has 1 heterocycles. The van der Waals surface area contributed by atoms with E-state index >= 15 is 0 Å². The highest BCUT2D eigenvalue weighted by molar-refractivity contribution is 7.16. The molecule has 0 aliphatic heterocycles. The van der Waals surface area contributed by atoms with E-state index in [1.165, 1.54) is 18.4 Å². The third-order valence-electron chi connectivity index (χ3n) is 4.14. The molecule has 0 saturated carbocycles. The number of ether oxygens (including phenoxy) is 3. The average Bonchev–Trinajstić information content (AvgIpc) is 2.92. The van der Waals surface area contributed by atoms with Gasteiger partial charge in [0.2, 0.25) is 5.91 Å². The zero-order valence-corrected chi connectivity index (χ0v) is 16.4. The summed E-state index contributed by atoms with van der Waals surface area (Å²) in [6.45, 7) is 3.75. The lowest BCUT2D eigenvalue weighted by molar-refractivity contribution is -0.116. The number of thiophene rings is 1. The van der Waals surface area contributed by atoms with Crippen LogP contribution in [0.1, 0.15) is 32.8 Å².